The van der Waals surface area contributed by atoms with Crippen molar-refractivity contribution in [2.45, 2.75) is 33.7 Å². The molecule has 6 heteroatoms. The third kappa shape index (κ3) is 5.49. The first-order valence-corrected chi connectivity index (χ1v) is 11.7. The lowest BCUT2D eigenvalue weighted by Gasteiger charge is -2.23. The van der Waals surface area contributed by atoms with Crippen LogP contribution in [0.2, 0.25) is 5.02 Å². The van der Waals surface area contributed by atoms with E-state index < -0.39 is 0 Å². The van der Waals surface area contributed by atoms with Gasteiger partial charge in [-0.2, -0.15) is 0 Å². The zero-order valence-corrected chi connectivity index (χ0v) is 20.4. The van der Waals surface area contributed by atoms with Crippen molar-refractivity contribution < 1.29 is 4.79 Å². The van der Waals surface area contributed by atoms with E-state index in [9.17, 15) is 9.59 Å². The number of halogens is 1. The number of H-pyrrole nitrogens is 1. The first kappa shape index (κ1) is 23.6. The van der Waals surface area contributed by atoms with E-state index in [1.807, 2.05) is 51.1 Å². The molecule has 34 heavy (non-hydrogen) atoms. The number of aromatic amines is 1. The van der Waals surface area contributed by atoms with Gasteiger partial charge in [-0.1, -0.05) is 59.6 Å². The molecule has 0 radical (unpaired) electrons. The van der Waals surface area contributed by atoms with Gasteiger partial charge in [0.25, 0.3) is 5.56 Å². The van der Waals surface area contributed by atoms with Crippen LogP contribution in [0.5, 0.6) is 0 Å². The summed E-state index contributed by atoms with van der Waals surface area (Å²) in [5.41, 5.74) is 6.21. The Morgan fingerprint density at radius 2 is 1.74 bits per heavy atom. The molecule has 1 heterocycles. The summed E-state index contributed by atoms with van der Waals surface area (Å²) in [6, 6.07) is 20.9. The molecule has 0 atom stereocenters. The van der Waals surface area contributed by atoms with Crippen LogP contribution in [0.3, 0.4) is 0 Å². The molecule has 0 fully saturated rings. The van der Waals surface area contributed by atoms with Crippen molar-refractivity contribution in [2.75, 3.05) is 11.9 Å². The summed E-state index contributed by atoms with van der Waals surface area (Å²) in [5, 5.41) is 4.45. The molecule has 0 aliphatic heterocycles. The SMILES string of the molecule is Cc1cccc(CCN(Cc2cc3c(C)ccc(C)c3[nH]c2=O)C(=O)Nc2cccc(Cl)c2)c1. The van der Waals surface area contributed by atoms with Crippen molar-refractivity contribution in [1.29, 1.82) is 0 Å². The molecule has 0 saturated heterocycles. The summed E-state index contributed by atoms with van der Waals surface area (Å²) in [4.78, 5) is 30.9. The van der Waals surface area contributed by atoms with E-state index in [0.29, 0.717) is 29.2 Å². The Morgan fingerprint density at radius 1 is 0.971 bits per heavy atom. The number of hydrogen-bond donors (Lipinski definition) is 2. The summed E-state index contributed by atoms with van der Waals surface area (Å²) in [7, 11) is 0. The standard InChI is InChI=1S/C28H28ClN3O2/c1-18-6-4-7-21(14-18)12-13-32(28(34)30-24-9-5-8-23(29)16-24)17-22-15-25-19(2)10-11-20(3)26(25)31-27(22)33/h4-11,14-16H,12-13,17H2,1-3H3,(H,30,34)(H,31,33). The Hall–Kier alpha value is -3.57. The molecule has 5 nitrogen and oxygen atoms in total. The van der Waals surface area contributed by atoms with Gasteiger partial charge in [0, 0.05) is 28.2 Å². The molecule has 0 aliphatic carbocycles. The summed E-state index contributed by atoms with van der Waals surface area (Å²) < 4.78 is 0. The lowest BCUT2D eigenvalue weighted by atomic mass is 10.0. The number of amides is 2. The number of aromatic nitrogens is 1. The minimum absolute atomic E-state index is 0.183. The highest BCUT2D eigenvalue weighted by molar-refractivity contribution is 6.30. The molecule has 0 spiro atoms. The average Bonchev–Trinajstić information content (AvgIpc) is 2.80. The lowest BCUT2D eigenvalue weighted by Crippen LogP contribution is -2.37. The van der Waals surface area contributed by atoms with Gasteiger partial charge < -0.3 is 15.2 Å². The first-order valence-electron chi connectivity index (χ1n) is 11.3. The molecule has 4 rings (SSSR count). The highest BCUT2D eigenvalue weighted by Crippen LogP contribution is 2.21. The number of carbonyl (C=O) groups excluding carboxylic acids is 1. The van der Waals surface area contributed by atoms with Gasteiger partial charge in [-0.25, -0.2) is 4.79 Å². The summed E-state index contributed by atoms with van der Waals surface area (Å²) in [6.07, 6.45) is 0.675. The second-order valence-electron chi connectivity index (χ2n) is 8.71. The number of fused-ring (bicyclic) bond motifs is 1. The van der Waals surface area contributed by atoms with Crippen LogP contribution in [0.25, 0.3) is 10.9 Å². The predicted octanol–water partition coefficient (Wildman–Crippen LogP) is 6.38. The monoisotopic (exact) mass is 473 g/mol. The molecule has 0 saturated carbocycles. The van der Waals surface area contributed by atoms with Crippen molar-refractivity contribution in [3.8, 4) is 0 Å². The van der Waals surface area contributed by atoms with E-state index in [2.05, 4.69) is 22.4 Å². The van der Waals surface area contributed by atoms with Crippen LogP contribution < -0.4 is 10.9 Å². The van der Waals surface area contributed by atoms with Gasteiger partial charge in [-0.3, -0.25) is 4.79 Å². The fourth-order valence-electron chi connectivity index (χ4n) is 4.09. The maximum absolute atomic E-state index is 13.3. The van der Waals surface area contributed by atoms with Gasteiger partial charge >= 0.3 is 6.03 Å². The highest BCUT2D eigenvalue weighted by Gasteiger charge is 2.17. The maximum Gasteiger partial charge on any atom is 0.322 e. The summed E-state index contributed by atoms with van der Waals surface area (Å²) in [6.45, 7) is 6.69. The van der Waals surface area contributed by atoms with E-state index in [1.165, 1.54) is 5.56 Å². The van der Waals surface area contributed by atoms with E-state index in [0.717, 1.165) is 27.6 Å². The zero-order valence-electron chi connectivity index (χ0n) is 19.6. The topological polar surface area (TPSA) is 65.2 Å². The number of nitrogens with one attached hydrogen (secondary N) is 2. The van der Waals surface area contributed by atoms with E-state index in [4.69, 9.17) is 11.6 Å². The second kappa shape index (κ2) is 10.1. The predicted molar refractivity (Wildman–Crippen MR) is 140 cm³/mol. The lowest BCUT2D eigenvalue weighted by molar-refractivity contribution is 0.209. The van der Waals surface area contributed by atoms with Gasteiger partial charge in [0.2, 0.25) is 0 Å². The minimum Gasteiger partial charge on any atom is -0.321 e. The van der Waals surface area contributed by atoms with Crippen molar-refractivity contribution in [1.82, 2.24) is 9.88 Å². The Kier molecular flexibility index (Phi) is 7.03. The number of urea groups is 1. The molecule has 174 valence electrons. The second-order valence-corrected chi connectivity index (χ2v) is 9.15. The Morgan fingerprint density at radius 3 is 2.50 bits per heavy atom. The van der Waals surface area contributed by atoms with Crippen molar-refractivity contribution in [3.63, 3.8) is 0 Å². The van der Waals surface area contributed by atoms with Crippen LogP contribution in [0.15, 0.2) is 71.5 Å². The van der Waals surface area contributed by atoms with Gasteiger partial charge in [-0.15, -0.1) is 0 Å². The van der Waals surface area contributed by atoms with Crippen LogP contribution in [-0.4, -0.2) is 22.5 Å². The molecule has 0 unspecified atom stereocenters. The fraction of sp³-hybridized carbons (Fsp3) is 0.214. The minimum atomic E-state index is -0.282. The molecule has 1 aromatic heterocycles. The van der Waals surface area contributed by atoms with Crippen LogP contribution in [0.4, 0.5) is 10.5 Å². The quantitative estimate of drug-likeness (QED) is 0.341. The molecular weight excluding hydrogens is 446 g/mol. The molecule has 3 aromatic carbocycles. The molecule has 4 aromatic rings. The third-order valence-electron chi connectivity index (χ3n) is 6.00. The van der Waals surface area contributed by atoms with Crippen molar-refractivity contribution in [3.05, 3.63) is 110 Å². The normalized spacial score (nSPS) is 10.9. The van der Waals surface area contributed by atoms with E-state index in [1.54, 1.807) is 29.2 Å². The smallest absolute Gasteiger partial charge is 0.321 e. The number of anilines is 1. The number of carbonyl (C=O) groups is 1. The van der Waals surface area contributed by atoms with Crippen LogP contribution in [-0.2, 0) is 13.0 Å². The van der Waals surface area contributed by atoms with Crippen molar-refractivity contribution in [2.24, 2.45) is 0 Å². The number of rotatable bonds is 6. The van der Waals surface area contributed by atoms with E-state index in [-0.39, 0.29) is 18.1 Å². The maximum atomic E-state index is 13.3. The average molecular weight is 474 g/mol. The third-order valence-corrected chi connectivity index (χ3v) is 6.23. The number of hydrogen-bond acceptors (Lipinski definition) is 2. The van der Waals surface area contributed by atoms with E-state index >= 15 is 0 Å². The Bertz CT molecular complexity index is 1410. The zero-order chi connectivity index (χ0) is 24.2. The van der Waals surface area contributed by atoms with Gasteiger partial charge in [0.1, 0.15) is 0 Å². The van der Waals surface area contributed by atoms with Crippen LogP contribution in [0, 0.1) is 20.8 Å². The number of aryl methyl sites for hydroxylation is 3. The summed E-state index contributed by atoms with van der Waals surface area (Å²) in [5.74, 6) is 0. The fourth-order valence-corrected chi connectivity index (χ4v) is 4.28. The molecule has 0 bridgehead atoms. The number of pyridine rings is 1. The molecule has 2 N–H and O–H groups in total. The van der Waals surface area contributed by atoms with Crippen molar-refractivity contribution >= 4 is 34.2 Å². The molecular formula is C28H28ClN3O2. The Balaban J connectivity index is 1.64. The van der Waals surface area contributed by atoms with Gasteiger partial charge in [0.15, 0.2) is 0 Å². The number of nitrogens with zero attached hydrogens (tertiary/aromatic N) is 1. The number of benzene rings is 3. The van der Waals surface area contributed by atoms with Gasteiger partial charge in [0.05, 0.1) is 12.1 Å². The first-order chi connectivity index (χ1) is 16.3. The van der Waals surface area contributed by atoms with Crippen LogP contribution in [0.1, 0.15) is 27.8 Å². The highest BCUT2D eigenvalue weighted by atomic mass is 35.5. The largest absolute Gasteiger partial charge is 0.322 e. The molecule has 0 aliphatic rings. The molecule has 2 amide bonds. The Labute approximate surface area is 204 Å². The summed E-state index contributed by atoms with van der Waals surface area (Å²) >= 11 is 6.09. The van der Waals surface area contributed by atoms with Crippen LogP contribution >= 0.6 is 11.6 Å². The van der Waals surface area contributed by atoms with Gasteiger partial charge in [-0.05, 0) is 68.1 Å².